The maximum atomic E-state index is 5.33. The van der Waals surface area contributed by atoms with Crippen molar-refractivity contribution < 1.29 is 9.47 Å². The smallest absolute Gasteiger partial charge is 0.119 e. The van der Waals surface area contributed by atoms with Gasteiger partial charge in [0, 0.05) is 45.0 Å². The van der Waals surface area contributed by atoms with Gasteiger partial charge < -0.3 is 24.6 Å². The van der Waals surface area contributed by atoms with E-state index in [1.807, 2.05) is 24.3 Å². The number of nitrogens with one attached hydrogen (secondary N) is 1. The fourth-order valence-electron chi connectivity index (χ4n) is 4.15. The largest absolute Gasteiger partial charge is 0.497 e. The normalized spacial score (nSPS) is 13.1. The summed E-state index contributed by atoms with van der Waals surface area (Å²) < 4.78 is 10.6. The van der Waals surface area contributed by atoms with E-state index < -0.39 is 0 Å². The molecule has 0 aromatic heterocycles. The van der Waals surface area contributed by atoms with E-state index >= 15 is 0 Å². The molecule has 2 aromatic carbocycles. The molecule has 5 nitrogen and oxygen atoms in total. The molecule has 8 heteroatoms. The molecule has 1 aliphatic rings. The molecular weight excluding hydrogens is 493 g/mol. The number of hydrogen-bond donors (Lipinski definition) is 1. The SMILES string of the molecule is COc1ccc(CN(CCCCCCCN2CCNCC2)c2ccc(OC)cc2)cc1.Cl.Cl.Cl. The molecule has 3 rings (SSSR count). The highest BCUT2D eigenvalue weighted by Crippen LogP contribution is 2.23. The van der Waals surface area contributed by atoms with Gasteiger partial charge in [0.1, 0.15) is 11.5 Å². The summed E-state index contributed by atoms with van der Waals surface area (Å²) >= 11 is 0. The first-order valence-corrected chi connectivity index (χ1v) is 11.7. The van der Waals surface area contributed by atoms with Crippen LogP contribution < -0.4 is 19.7 Å². The van der Waals surface area contributed by atoms with E-state index in [2.05, 4.69) is 39.4 Å². The first kappa shape index (κ1) is 32.6. The van der Waals surface area contributed by atoms with Gasteiger partial charge in [0.15, 0.2) is 0 Å². The van der Waals surface area contributed by atoms with Gasteiger partial charge in [-0.3, -0.25) is 0 Å². The molecule has 1 fully saturated rings. The van der Waals surface area contributed by atoms with E-state index in [0.29, 0.717) is 0 Å². The molecule has 0 aliphatic carbocycles. The molecule has 1 saturated heterocycles. The highest BCUT2D eigenvalue weighted by molar-refractivity contribution is 5.86. The van der Waals surface area contributed by atoms with E-state index in [1.165, 1.54) is 63.0 Å². The second-order valence-electron chi connectivity index (χ2n) is 8.33. The molecule has 0 spiro atoms. The Morgan fingerprint density at radius 3 is 1.85 bits per heavy atom. The Morgan fingerprint density at radius 1 is 0.735 bits per heavy atom. The number of methoxy groups -OCH3 is 2. The van der Waals surface area contributed by atoms with Gasteiger partial charge in [0.05, 0.1) is 14.2 Å². The summed E-state index contributed by atoms with van der Waals surface area (Å²) in [6, 6.07) is 16.8. The van der Waals surface area contributed by atoms with Crippen molar-refractivity contribution in [1.29, 1.82) is 0 Å². The van der Waals surface area contributed by atoms with Crippen molar-refractivity contribution in [3.63, 3.8) is 0 Å². The average Bonchev–Trinajstić information content (AvgIpc) is 2.84. The van der Waals surface area contributed by atoms with Crippen LogP contribution in [-0.2, 0) is 6.54 Å². The third kappa shape index (κ3) is 11.4. The highest BCUT2D eigenvalue weighted by Gasteiger charge is 2.10. The lowest BCUT2D eigenvalue weighted by Gasteiger charge is -2.27. The number of unbranched alkanes of at least 4 members (excludes halogenated alkanes) is 4. The van der Waals surface area contributed by atoms with Crippen molar-refractivity contribution in [2.24, 2.45) is 0 Å². The van der Waals surface area contributed by atoms with Crippen molar-refractivity contribution in [1.82, 2.24) is 10.2 Å². The van der Waals surface area contributed by atoms with Crippen LogP contribution >= 0.6 is 37.2 Å². The predicted molar refractivity (Wildman–Crippen MR) is 151 cm³/mol. The number of anilines is 1. The number of ether oxygens (including phenoxy) is 2. The first-order chi connectivity index (χ1) is 15.3. The third-order valence-corrected chi connectivity index (χ3v) is 6.08. The van der Waals surface area contributed by atoms with Gasteiger partial charge in [-0.1, -0.05) is 31.4 Å². The van der Waals surface area contributed by atoms with Crippen LogP contribution in [0.5, 0.6) is 11.5 Å². The molecule has 1 N–H and O–H groups in total. The van der Waals surface area contributed by atoms with Gasteiger partial charge in [0.2, 0.25) is 0 Å². The molecule has 0 amide bonds. The van der Waals surface area contributed by atoms with Crippen LogP contribution in [0.25, 0.3) is 0 Å². The Bertz CT molecular complexity index is 742. The Balaban J connectivity index is 0.00000363. The zero-order chi connectivity index (χ0) is 21.7. The lowest BCUT2D eigenvalue weighted by atomic mass is 10.1. The predicted octanol–water partition coefficient (Wildman–Crippen LogP) is 5.83. The molecule has 0 radical (unpaired) electrons. The minimum Gasteiger partial charge on any atom is -0.497 e. The van der Waals surface area contributed by atoms with Gasteiger partial charge in [-0.05, 0) is 61.3 Å². The number of hydrogen-bond acceptors (Lipinski definition) is 5. The molecule has 194 valence electrons. The number of benzene rings is 2. The van der Waals surface area contributed by atoms with Crippen molar-refractivity contribution in [3.05, 3.63) is 54.1 Å². The second-order valence-corrected chi connectivity index (χ2v) is 8.33. The molecule has 2 aromatic rings. The highest BCUT2D eigenvalue weighted by atomic mass is 35.5. The van der Waals surface area contributed by atoms with Gasteiger partial charge in [0.25, 0.3) is 0 Å². The van der Waals surface area contributed by atoms with E-state index in [9.17, 15) is 0 Å². The van der Waals surface area contributed by atoms with Crippen LogP contribution in [-0.4, -0.2) is 58.4 Å². The van der Waals surface area contributed by atoms with Crippen molar-refractivity contribution in [2.75, 3.05) is 58.4 Å². The molecule has 1 aliphatic heterocycles. The topological polar surface area (TPSA) is 37.0 Å². The van der Waals surface area contributed by atoms with E-state index in [0.717, 1.165) is 37.7 Å². The molecule has 0 unspecified atom stereocenters. The van der Waals surface area contributed by atoms with E-state index in [-0.39, 0.29) is 37.2 Å². The zero-order valence-electron chi connectivity index (χ0n) is 20.5. The minimum absolute atomic E-state index is 0. The first-order valence-electron chi connectivity index (χ1n) is 11.7. The number of piperazine rings is 1. The van der Waals surface area contributed by atoms with Crippen LogP contribution in [0.1, 0.15) is 37.7 Å². The summed E-state index contributed by atoms with van der Waals surface area (Å²) in [6.07, 6.45) is 6.50. The maximum absolute atomic E-state index is 5.33. The second kappa shape index (κ2) is 18.9. The summed E-state index contributed by atoms with van der Waals surface area (Å²) in [5, 5.41) is 3.43. The Morgan fingerprint density at radius 2 is 1.26 bits per heavy atom. The van der Waals surface area contributed by atoms with Crippen molar-refractivity contribution in [2.45, 2.75) is 38.6 Å². The molecular formula is C26H42Cl3N3O2. The van der Waals surface area contributed by atoms with Crippen molar-refractivity contribution >= 4 is 42.9 Å². The van der Waals surface area contributed by atoms with Gasteiger partial charge in [-0.25, -0.2) is 0 Å². The Kier molecular flexibility index (Phi) is 18.1. The monoisotopic (exact) mass is 533 g/mol. The van der Waals surface area contributed by atoms with Crippen LogP contribution in [0.3, 0.4) is 0 Å². The molecule has 1 heterocycles. The fraction of sp³-hybridized carbons (Fsp3) is 0.538. The van der Waals surface area contributed by atoms with Crippen LogP contribution in [0.2, 0.25) is 0 Å². The fourth-order valence-corrected chi connectivity index (χ4v) is 4.15. The van der Waals surface area contributed by atoms with Crippen LogP contribution in [0.15, 0.2) is 48.5 Å². The van der Waals surface area contributed by atoms with Gasteiger partial charge in [-0.2, -0.15) is 0 Å². The standard InChI is InChI=1S/C26H39N3O2.3ClH/c1-30-25-12-8-23(9-13-25)22-29(24-10-14-26(31-2)15-11-24)19-7-5-3-4-6-18-28-20-16-27-17-21-28;;;/h8-15,27H,3-7,16-22H2,1-2H3;3*1H. The zero-order valence-corrected chi connectivity index (χ0v) is 23.0. The lowest BCUT2D eigenvalue weighted by molar-refractivity contribution is 0.236. The molecule has 34 heavy (non-hydrogen) atoms. The lowest BCUT2D eigenvalue weighted by Crippen LogP contribution is -2.43. The molecule has 0 saturated carbocycles. The Labute approximate surface area is 224 Å². The Hall–Kier alpha value is -1.37. The van der Waals surface area contributed by atoms with Crippen LogP contribution in [0, 0.1) is 0 Å². The van der Waals surface area contributed by atoms with Crippen molar-refractivity contribution in [3.8, 4) is 11.5 Å². The quantitative estimate of drug-likeness (QED) is 0.327. The summed E-state index contributed by atoms with van der Waals surface area (Å²) in [7, 11) is 3.43. The summed E-state index contributed by atoms with van der Waals surface area (Å²) in [5.41, 5.74) is 2.54. The van der Waals surface area contributed by atoms with E-state index in [1.54, 1.807) is 14.2 Å². The summed E-state index contributed by atoms with van der Waals surface area (Å²) in [5.74, 6) is 1.80. The average molecular weight is 535 g/mol. The number of halogens is 3. The van der Waals surface area contributed by atoms with Gasteiger partial charge in [-0.15, -0.1) is 37.2 Å². The van der Waals surface area contributed by atoms with E-state index in [4.69, 9.17) is 9.47 Å². The van der Waals surface area contributed by atoms with Gasteiger partial charge >= 0.3 is 0 Å². The molecule has 0 bridgehead atoms. The third-order valence-electron chi connectivity index (χ3n) is 6.08. The maximum Gasteiger partial charge on any atom is 0.119 e. The van der Waals surface area contributed by atoms with Crippen LogP contribution in [0.4, 0.5) is 5.69 Å². The number of nitrogens with zero attached hydrogens (tertiary/aromatic N) is 2. The summed E-state index contributed by atoms with van der Waals surface area (Å²) in [6.45, 7) is 7.95. The molecule has 0 atom stereocenters. The summed E-state index contributed by atoms with van der Waals surface area (Å²) in [4.78, 5) is 5.07. The number of rotatable bonds is 13. The minimum atomic E-state index is 0.